The molecule has 1 N–H and O–H groups in total. The van der Waals surface area contributed by atoms with E-state index in [1.54, 1.807) is 0 Å². The Balaban J connectivity index is 1.92. The fraction of sp³-hybridized carbons (Fsp3) is 0.545. The first kappa shape index (κ1) is 8.24. The fourth-order valence-corrected chi connectivity index (χ4v) is 2.71. The predicted molar refractivity (Wildman–Crippen MR) is 56.4 cm³/mol. The fourth-order valence-electron chi connectivity index (χ4n) is 2.71. The van der Waals surface area contributed by atoms with E-state index < -0.39 is 0 Å². The second kappa shape index (κ2) is 3.24. The highest BCUT2D eigenvalue weighted by Crippen LogP contribution is 2.31. The molecule has 3 nitrogen and oxygen atoms in total. The van der Waals surface area contributed by atoms with Crippen LogP contribution < -0.4 is 10.2 Å². The maximum absolute atomic E-state index is 4.19. The molecule has 2 unspecified atom stereocenters. The Hall–Kier alpha value is -1.09. The number of fused-ring (bicyclic) bond motifs is 2. The van der Waals surface area contributed by atoms with Crippen LogP contribution in [0, 0.1) is 0 Å². The zero-order valence-corrected chi connectivity index (χ0v) is 8.19. The second-order valence-electron chi connectivity index (χ2n) is 4.16. The van der Waals surface area contributed by atoms with Crippen LogP contribution in [0.1, 0.15) is 12.8 Å². The third-order valence-electron chi connectivity index (χ3n) is 3.32. The van der Waals surface area contributed by atoms with E-state index in [4.69, 9.17) is 0 Å². The van der Waals surface area contributed by atoms with Crippen LogP contribution in [0.25, 0.3) is 0 Å². The van der Waals surface area contributed by atoms with Gasteiger partial charge in [-0.3, -0.25) is 4.98 Å². The first-order valence-corrected chi connectivity index (χ1v) is 5.34. The van der Waals surface area contributed by atoms with Crippen LogP contribution in [0.5, 0.6) is 0 Å². The van der Waals surface area contributed by atoms with E-state index in [2.05, 4.69) is 21.3 Å². The van der Waals surface area contributed by atoms with Gasteiger partial charge in [0.15, 0.2) is 0 Å². The van der Waals surface area contributed by atoms with Crippen molar-refractivity contribution < 1.29 is 0 Å². The average molecular weight is 189 g/mol. The molecule has 3 heteroatoms. The Morgan fingerprint density at radius 2 is 2.07 bits per heavy atom. The lowest BCUT2D eigenvalue weighted by atomic mass is 10.2. The topological polar surface area (TPSA) is 28.2 Å². The molecule has 0 aliphatic carbocycles. The lowest BCUT2D eigenvalue weighted by molar-refractivity contribution is 0.484. The minimum atomic E-state index is 0.693. The summed E-state index contributed by atoms with van der Waals surface area (Å²) >= 11 is 0. The van der Waals surface area contributed by atoms with Gasteiger partial charge in [-0.05, 0) is 25.0 Å². The quantitative estimate of drug-likeness (QED) is 0.715. The van der Waals surface area contributed by atoms with E-state index in [1.165, 1.54) is 18.5 Å². The lowest BCUT2D eigenvalue weighted by Crippen LogP contribution is -2.52. The summed E-state index contributed by atoms with van der Waals surface area (Å²) in [5, 5.41) is 3.48. The highest BCUT2D eigenvalue weighted by atomic mass is 15.3. The van der Waals surface area contributed by atoms with Crippen molar-refractivity contribution in [3.8, 4) is 0 Å². The van der Waals surface area contributed by atoms with E-state index in [1.807, 2.05) is 18.5 Å². The maximum atomic E-state index is 4.19. The van der Waals surface area contributed by atoms with E-state index >= 15 is 0 Å². The lowest BCUT2D eigenvalue weighted by Gasteiger charge is -2.36. The van der Waals surface area contributed by atoms with Gasteiger partial charge in [-0.25, -0.2) is 0 Å². The van der Waals surface area contributed by atoms with Crippen LogP contribution in [-0.4, -0.2) is 30.2 Å². The molecular weight excluding hydrogens is 174 g/mol. The molecule has 0 spiro atoms. The monoisotopic (exact) mass is 189 g/mol. The molecule has 2 bridgehead atoms. The number of piperazine rings is 1. The van der Waals surface area contributed by atoms with Crippen molar-refractivity contribution in [2.45, 2.75) is 24.9 Å². The number of nitrogens with one attached hydrogen (secondary N) is 1. The van der Waals surface area contributed by atoms with Crippen LogP contribution in [0.4, 0.5) is 5.69 Å². The van der Waals surface area contributed by atoms with Crippen molar-refractivity contribution in [1.29, 1.82) is 0 Å². The van der Waals surface area contributed by atoms with E-state index in [0.29, 0.717) is 12.1 Å². The zero-order valence-electron chi connectivity index (χ0n) is 8.19. The summed E-state index contributed by atoms with van der Waals surface area (Å²) in [7, 11) is 0. The molecule has 0 saturated carbocycles. The van der Waals surface area contributed by atoms with Gasteiger partial charge in [0.25, 0.3) is 0 Å². The molecule has 2 saturated heterocycles. The van der Waals surface area contributed by atoms with Gasteiger partial charge >= 0.3 is 0 Å². The van der Waals surface area contributed by atoms with Gasteiger partial charge in [0.05, 0.1) is 11.9 Å². The zero-order chi connectivity index (χ0) is 9.38. The van der Waals surface area contributed by atoms with Crippen molar-refractivity contribution in [1.82, 2.24) is 10.3 Å². The van der Waals surface area contributed by atoms with Gasteiger partial charge in [0.2, 0.25) is 0 Å². The second-order valence-corrected chi connectivity index (χ2v) is 4.16. The number of hydrogen-bond donors (Lipinski definition) is 1. The predicted octanol–water partition coefficient (Wildman–Crippen LogP) is 1.02. The Bertz CT molecular complexity index is 296. The normalized spacial score (nSPS) is 30.7. The standard InChI is InChI=1S/C11H15N3/c1-2-9(6-12-5-1)14-10-3-4-11(14)8-13-7-10/h1-2,5-6,10-11,13H,3-4,7-8H2. The minimum Gasteiger partial charge on any atom is -0.362 e. The van der Waals surface area contributed by atoms with Crippen molar-refractivity contribution in [3.05, 3.63) is 24.5 Å². The summed E-state index contributed by atoms with van der Waals surface area (Å²) in [5.41, 5.74) is 1.29. The molecule has 2 aliphatic heterocycles. The molecule has 2 aliphatic rings. The van der Waals surface area contributed by atoms with E-state index in [0.717, 1.165) is 13.1 Å². The Kier molecular flexibility index (Phi) is 1.91. The molecule has 0 aromatic carbocycles. The van der Waals surface area contributed by atoms with Gasteiger partial charge in [0.1, 0.15) is 0 Å². The Morgan fingerprint density at radius 1 is 1.29 bits per heavy atom. The van der Waals surface area contributed by atoms with E-state index in [9.17, 15) is 0 Å². The summed E-state index contributed by atoms with van der Waals surface area (Å²) in [6.45, 7) is 2.26. The molecule has 3 rings (SSSR count). The highest BCUT2D eigenvalue weighted by Gasteiger charge is 2.36. The highest BCUT2D eigenvalue weighted by molar-refractivity contribution is 5.48. The first-order valence-electron chi connectivity index (χ1n) is 5.34. The molecule has 0 amide bonds. The van der Waals surface area contributed by atoms with Crippen molar-refractivity contribution >= 4 is 5.69 Å². The third kappa shape index (κ3) is 1.20. The number of nitrogens with zero attached hydrogens (tertiary/aromatic N) is 2. The van der Waals surface area contributed by atoms with Crippen molar-refractivity contribution in [2.24, 2.45) is 0 Å². The molecule has 3 heterocycles. The molecule has 1 aromatic rings. The van der Waals surface area contributed by atoms with Gasteiger partial charge in [-0.2, -0.15) is 0 Å². The number of hydrogen-bond acceptors (Lipinski definition) is 3. The summed E-state index contributed by atoms with van der Waals surface area (Å²) in [6, 6.07) is 5.58. The molecule has 2 fully saturated rings. The van der Waals surface area contributed by atoms with Crippen molar-refractivity contribution in [3.63, 3.8) is 0 Å². The Morgan fingerprint density at radius 3 is 2.71 bits per heavy atom. The van der Waals surface area contributed by atoms with Crippen molar-refractivity contribution in [2.75, 3.05) is 18.0 Å². The van der Waals surface area contributed by atoms with Crippen LogP contribution >= 0.6 is 0 Å². The van der Waals surface area contributed by atoms with Gasteiger partial charge in [-0.1, -0.05) is 0 Å². The third-order valence-corrected chi connectivity index (χ3v) is 3.32. The van der Waals surface area contributed by atoms with E-state index in [-0.39, 0.29) is 0 Å². The number of pyridine rings is 1. The number of rotatable bonds is 1. The number of aromatic nitrogens is 1. The van der Waals surface area contributed by atoms with Gasteiger partial charge in [0, 0.05) is 31.4 Å². The van der Waals surface area contributed by atoms with Crippen LogP contribution in [0.2, 0.25) is 0 Å². The van der Waals surface area contributed by atoms with Gasteiger partial charge in [-0.15, -0.1) is 0 Å². The molecule has 2 atom stereocenters. The summed E-state index contributed by atoms with van der Waals surface area (Å²) < 4.78 is 0. The molecule has 1 aromatic heterocycles. The molecular formula is C11H15N3. The molecule has 0 radical (unpaired) electrons. The van der Waals surface area contributed by atoms with Crippen LogP contribution in [0.15, 0.2) is 24.5 Å². The molecule has 74 valence electrons. The SMILES string of the molecule is c1cncc(N2C3CCC2CNC3)c1. The van der Waals surface area contributed by atoms with Gasteiger partial charge < -0.3 is 10.2 Å². The van der Waals surface area contributed by atoms with Crippen LogP contribution in [-0.2, 0) is 0 Å². The largest absolute Gasteiger partial charge is 0.362 e. The summed E-state index contributed by atoms with van der Waals surface area (Å²) in [6.07, 6.45) is 6.48. The number of anilines is 1. The summed E-state index contributed by atoms with van der Waals surface area (Å²) in [5.74, 6) is 0. The maximum Gasteiger partial charge on any atom is 0.0558 e. The smallest absolute Gasteiger partial charge is 0.0558 e. The van der Waals surface area contributed by atoms with Crippen LogP contribution in [0.3, 0.4) is 0 Å². The average Bonchev–Trinajstić information content (AvgIpc) is 2.50. The summed E-state index contributed by atoms with van der Waals surface area (Å²) in [4.78, 5) is 6.74. The minimum absolute atomic E-state index is 0.693. The first-order chi connectivity index (χ1) is 6.95. The Labute approximate surface area is 84.1 Å². The molecule has 14 heavy (non-hydrogen) atoms.